The monoisotopic (exact) mass is 361 g/mol. The van der Waals surface area contributed by atoms with Gasteiger partial charge in [0, 0.05) is 5.56 Å². The number of nitrogens with zero attached hydrogens (tertiary/aromatic N) is 1. The van der Waals surface area contributed by atoms with Crippen LogP contribution < -0.4 is 4.74 Å². The molecule has 0 spiro atoms. The fourth-order valence-electron chi connectivity index (χ4n) is 2.18. The highest BCUT2D eigenvalue weighted by atomic mass is 32.2. The molecule has 1 aromatic heterocycles. The number of hydrogen-bond acceptors (Lipinski definition) is 5. The smallest absolute Gasteiger partial charge is 0.256 e. The predicted octanol–water partition coefficient (Wildman–Crippen LogP) is 4.60. The number of Topliss-reactive ketones (excluding diaryl/α,β-unsaturated/α-hetero) is 1. The minimum absolute atomic E-state index is 0.0170. The maximum Gasteiger partial charge on any atom is 0.256 e. The molecular formula is C18H13F2NO3S. The highest BCUT2D eigenvalue weighted by molar-refractivity contribution is 7.99. The van der Waals surface area contributed by atoms with Crippen molar-refractivity contribution in [3.63, 3.8) is 0 Å². The average Bonchev–Trinajstić information content (AvgIpc) is 3.09. The lowest BCUT2D eigenvalue weighted by Gasteiger charge is -2.06. The summed E-state index contributed by atoms with van der Waals surface area (Å²) in [5, 5.41) is 0.294. The summed E-state index contributed by atoms with van der Waals surface area (Å²) in [4.78, 5) is 16.4. The van der Waals surface area contributed by atoms with E-state index < -0.39 is 5.82 Å². The number of hydrogen-bond donors (Lipinski definition) is 0. The number of thioether (sulfide) groups is 1. The molecular weight excluding hydrogens is 348 g/mol. The fourth-order valence-corrected chi connectivity index (χ4v) is 2.86. The Morgan fingerprint density at radius 2 is 1.88 bits per heavy atom. The van der Waals surface area contributed by atoms with Crippen molar-refractivity contribution < 1.29 is 22.7 Å². The summed E-state index contributed by atoms with van der Waals surface area (Å²) in [6.45, 7) is 0. The van der Waals surface area contributed by atoms with Gasteiger partial charge in [0.05, 0.1) is 24.6 Å². The molecule has 25 heavy (non-hydrogen) atoms. The zero-order chi connectivity index (χ0) is 17.8. The highest BCUT2D eigenvalue weighted by Crippen LogP contribution is 2.27. The van der Waals surface area contributed by atoms with Crippen LogP contribution in [-0.2, 0) is 0 Å². The van der Waals surface area contributed by atoms with Crippen LogP contribution >= 0.6 is 11.8 Å². The molecule has 4 nitrogen and oxygen atoms in total. The summed E-state index contributed by atoms with van der Waals surface area (Å²) in [6.07, 6.45) is 1.50. The van der Waals surface area contributed by atoms with Crippen molar-refractivity contribution in [1.29, 1.82) is 0 Å². The summed E-state index contributed by atoms with van der Waals surface area (Å²) in [6, 6.07) is 9.58. The minimum atomic E-state index is -0.510. The first-order valence-electron chi connectivity index (χ1n) is 7.28. The average molecular weight is 361 g/mol. The number of ketones is 1. The number of carbonyl (C=O) groups excluding carboxylic acids is 1. The van der Waals surface area contributed by atoms with Crippen LogP contribution in [0.2, 0.25) is 0 Å². The molecule has 2 aromatic carbocycles. The molecule has 0 aliphatic heterocycles. The summed E-state index contributed by atoms with van der Waals surface area (Å²) in [5.41, 5.74) is 0.846. The molecule has 3 aromatic rings. The van der Waals surface area contributed by atoms with Gasteiger partial charge in [0.25, 0.3) is 5.22 Å². The van der Waals surface area contributed by atoms with E-state index in [4.69, 9.17) is 9.15 Å². The van der Waals surface area contributed by atoms with Crippen LogP contribution in [0.25, 0.3) is 11.3 Å². The molecule has 1 heterocycles. The lowest BCUT2D eigenvalue weighted by molar-refractivity contribution is 0.101. The van der Waals surface area contributed by atoms with Gasteiger partial charge >= 0.3 is 0 Å². The number of halogens is 2. The molecule has 0 N–H and O–H groups in total. The predicted molar refractivity (Wildman–Crippen MR) is 89.9 cm³/mol. The van der Waals surface area contributed by atoms with Crippen molar-refractivity contribution >= 4 is 17.5 Å². The number of rotatable bonds is 6. The van der Waals surface area contributed by atoms with Crippen LogP contribution in [0.3, 0.4) is 0 Å². The van der Waals surface area contributed by atoms with Crippen LogP contribution in [0.15, 0.2) is 58.3 Å². The van der Waals surface area contributed by atoms with E-state index in [1.807, 2.05) is 0 Å². The number of carbonyl (C=O) groups is 1. The Balaban J connectivity index is 1.69. The van der Waals surface area contributed by atoms with Gasteiger partial charge in [-0.3, -0.25) is 4.79 Å². The van der Waals surface area contributed by atoms with Crippen LogP contribution in [-0.4, -0.2) is 23.6 Å². The molecule has 0 bridgehead atoms. The molecule has 0 atom stereocenters. The quantitative estimate of drug-likeness (QED) is 0.474. The molecule has 0 radical (unpaired) electrons. The fraction of sp³-hybridized carbons (Fsp3) is 0.111. The molecule has 0 aliphatic rings. The van der Waals surface area contributed by atoms with Gasteiger partial charge in [-0.25, -0.2) is 13.8 Å². The van der Waals surface area contributed by atoms with Gasteiger partial charge in [0.2, 0.25) is 0 Å². The first-order chi connectivity index (χ1) is 12.1. The Hall–Kier alpha value is -2.67. The van der Waals surface area contributed by atoms with Crippen molar-refractivity contribution in [3.05, 3.63) is 65.9 Å². The van der Waals surface area contributed by atoms with E-state index >= 15 is 0 Å². The molecule has 0 saturated carbocycles. The van der Waals surface area contributed by atoms with Crippen LogP contribution in [0.1, 0.15) is 10.4 Å². The normalized spacial score (nSPS) is 10.7. The third kappa shape index (κ3) is 4.06. The lowest BCUT2D eigenvalue weighted by Crippen LogP contribution is -2.05. The van der Waals surface area contributed by atoms with Crippen molar-refractivity contribution in [2.24, 2.45) is 0 Å². The van der Waals surface area contributed by atoms with Gasteiger partial charge in [0.15, 0.2) is 11.5 Å². The number of aromatic nitrogens is 1. The van der Waals surface area contributed by atoms with E-state index in [-0.39, 0.29) is 22.9 Å². The Morgan fingerprint density at radius 1 is 1.16 bits per heavy atom. The van der Waals surface area contributed by atoms with E-state index in [0.29, 0.717) is 22.3 Å². The number of oxazole rings is 1. The minimum Gasteiger partial charge on any atom is -0.496 e. The molecule has 0 unspecified atom stereocenters. The Bertz CT molecular complexity index is 894. The highest BCUT2D eigenvalue weighted by Gasteiger charge is 2.16. The van der Waals surface area contributed by atoms with Gasteiger partial charge in [-0.2, -0.15) is 0 Å². The van der Waals surface area contributed by atoms with E-state index in [2.05, 4.69) is 4.98 Å². The van der Waals surface area contributed by atoms with Crippen molar-refractivity contribution in [2.45, 2.75) is 5.22 Å². The second-order valence-electron chi connectivity index (χ2n) is 5.05. The second-order valence-corrected chi connectivity index (χ2v) is 5.98. The van der Waals surface area contributed by atoms with Crippen LogP contribution in [0.5, 0.6) is 5.75 Å². The molecule has 0 fully saturated rings. The van der Waals surface area contributed by atoms with E-state index in [9.17, 15) is 13.6 Å². The molecule has 0 saturated heterocycles. The Labute approximate surface area is 146 Å². The summed E-state index contributed by atoms with van der Waals surface area (Å²) in [7, 11) is 1.42. The second kappa shape index (κ2) is 7.48. The van der Waals surface area contributed by atoms with Gasteiger partial charge in [0.1, 0.15) is 17.4 Å². The van der Waals surface area contributed by atoms with Crippen molar-refractivity contribution in [1.82, 2.24) is 4.98 Å². The molecule has 7 heteroatoms. The number of benzene rings is 2. The zero-order valence-electron chi connectivity index (χ0n) is 13.2. The van der Waals surface area contributed by atoms with Gasteiger partial charge in [-0.15, -0.1) is 0 Å². The van der Waals surface area contributed by atoms with Crippen molar-refractivity contribution in [3.8, 4) is 17.1 Å². The number of methoxy groups -OCH3 is 1. The largest absolute Gasteiger partial charge is 0.496 e. The van der Waals surface area contributed by atoms with Gasteiger partial charge in [-0.1, -0.05) is 11.8 Å². The third-order valence-electron chi connectivity index (χ3n) is 3.40. The van der Waals surface area contributed by atoms with Gasteiger partial charge < -0.3 is 9.15 Å². The standard InChI is InChI=1S/C18H13F2NO3S/c1-23-16-7-6-13(20)8-14(16)15(22)10-25-18-21-9-17(24-18)11-2-4-12(19)5-3-11/h2-9H,10H2,1H3. The Kier molecular flexibility index (Phi) is 5.14. The summed E-state index contributed by atoms with van der Waals surface area (Å²) in [5.74, 6) is -0.354. The van der Waals surface area contributed by atoms with Gasteiger partial charge in [-0.05, 0) is 42.5 Å². The van der Waals surface area contributed by atoms with E-state index in [1.165, 1.54) is 37.6 Å². The molecule has 128 valence electrons. The molecule has 0 aliphatic carbocycles. The maximum atomic E-state index is 13.4. The van der Waals surface area contributed by atoms with Crippen LogP contribution in [0.4, 0.5) is 8.78 Å². The summed E-state index contributed by atoms with van der Waals surface area (Å²) >= 11 is 1.09. The summed E-state index contributed by atoms with van der Waals surface area (Å²) < 4.78 is 36.9. The third-order valence-corrected chi connectivity index (χ3v) is 4.24. The van der Waals surface area contributed by atoms with E-state index in [0.717, 1.165) is 17.8 Å². The molecule has 3 rings (SSSR count). The van der Waals surface area contributed by atoms with Crippen LogP contribution in [0, 0.1) is 11.6 Å². The topological polar surface area (TPSA) is 52.3 Å². The first-order valence-corrected chi connectivity index (χ1v) is 8.26. The number of ether oxygens (including phenoxy) is 1. The maximum absolute atomic E-state index is 13.4. The first kappa shape index (κ1) is 17.2. The SMILES string of the molecule is COc1ccc(F)cc1C(=O)CSc1ncc(-c2ccc(F)cc2)o1. The Morgan fingerprint density at radius 3 is 2.60 bits per heavy atom. The molecule has 0 amide bonds. The lowest BCUT2D eigenvalue weighted by atomic mass is 10.1. The van der Waals surface area contributed by atoms with Crippen molar-refractivity contribution in [2.75, 3.05) is 12.9 Å². The zero-order valence-corrected chi connectivity index (χ0v) is 14.0. The van der Waals surface area contributed by atoms with E-state index in [1.54, 1.807) is 12.1 Å².